The van der Waals surface area contributed by atoms with Gasteiger partial charge in [-0.2, -0.15) is 0 Å². The van der Waals surface area contributed by atoms with E-state index in [-0.39, 0.29) is 12.1 Å². The number of hydrogen-bond donors (Lipinski definition) is 1. The Kier molecular flexibility index (Phi) is 6.16. The maximum atomic E-state index is 5.75. The van der Waals surface area contributed by atoms with E-state index in [1.165, 1.54) is 16.8 Å². The van der Waals surface area contributed by atoms with Gasteiger partial charge in [0.15, 0.2) is 5.11 Å². The van der Waals surface area contributed by atoms with Gasteiger partial charge in [-0.3, -0.25) is 4.98 Å². The molecule has 1 N–H and O–H groups in total. The number of methoxy groups -OCH3 is 1. The third kappa shape index (κ3) is 3.98. The second-order valence-electron chi connectivity index (χ2n) is 7.74. The lowest BCUT2D eigenvalue weighted by molar-refractivity contribution is 0.180. The van der Waals surface area contributed by atoms with Gasteiger partial charge in [-0.25, -0.2) is 0 Å². The summed E-state index contributed by atoms with van der Waals surface area (Å²) < 4.78 is 7.55. The molecule has 4 rings (SSSR count). The Labute approximate surface area is 183 Å². The van der Waals surface area contributed by atoms with Crippen LogP contribution in [0.15, 0.2) is 60.9 Å². The maximum absolute atomic E-state index is 5.75. The summed E-state index contributed by atoms with van der Waals surface area (Å²) in [6.07, 6.45) is 4.88. The monoisotopic (exact) mass is 420 g/mol. The van der Waals surface area contributed by atoms with E-state index in [2.05, 4.69) is 76.2 Å². The highest BCUT2D eigenvalue weighted by atomic mass is 32.1. The predicted molar refractivity (Wildman–Crippen MR) is 124 cm³/mol. The summed E-state index contributed by atoms with van der Waals surface area (Å²) in [5.41, 5.74) is 5.92. The molecule has 1 saturated heterocycles. The summed E-state index contributed by atoms with van der Waals surface area (Å²) >= 11 is 5.75. The zero-order chi connectivity index (χ0) is 21.1. The van der Waals surface area contributed by atoms with Crippen LogP contribution in [0, 0.1) is 13.8 Å². The molecule has 30 heavy (non-hydrogen) atoms. The first-order valence-electron chi connectivity index (χ1n) is 10.3. The Morgan fingerprint density at radius 1 is 1.10 bits per heavy atom. The molecule has 5 nitrogen and oxygen atoms in total. The van der Waals surface area contributed by atoms with Gasteiger partial charge in [0.2, 0.25) is 0 Å². The zero-order valence-electron chi connectivity index (χ0n) is 17.7. The number of aryl methyl sites for hydroxylation is 2. The number of aromatic nitrogens is 2. The lowest BCUT2D eigenvalue weighted by Crippen LogP contribution is -2.32. The lowest BCUT2D eigenvalue weighted by atomic mass is 10.0. The summed E-state index contributed by atoms with van der Waals surface area (Å²) in [4.78, 5) is 6.91. The third-order valence-electron chi connectivity index (χ3n) is 5.80. The number of rotatable bonds is 7. The van der Waals surface area contributed by atoms with Crippen molar-refractivity contribution in [2.45, 2.75) is 32.4 Å². The first-order chi connectivity index (χ1) is 14.6. The molecule has 156 valence electrons. The summed E-state index contributed by atoms with van der Waals surface area (Å²) in [5, 5.41) is 4.29. The van der Waals surface area contributed by atoms with E-state index in [0.717, 1.165) is 29.5 Å². The van der Waals surface area contributed by atoms with Gasteiger partial charge in [0.05, 0.1) is 17.8 Å². The Hall–Kier alpha value is -2.70. The third-order valence-corrected chi connectivity index (χ3v) is 6.15. The van der Waals surface area contributed by atoms with Crippen LogP contribution in [-0.2, 0) is 4.74 Å². The fourth-order valence-corrected chi connectivity index (χ4v) is 4.42. The average molecular weight is 421 g/mol. The molecule has 0 spiro atoms. The van der Waals surface area contributed by atoms with Crippen LogP contribution in [0.25, 0.3) is 5.69 Å². The SMILES string of the molecule is COCCCN1C(=S)N[C@H](c2ccccn2)[C@@H]1c1cccn1-c1ccc(C)c(C)c1. The van der Waals surface area contributed by atoms with Gasteiger partial charge >= 0.3 is 0 Å². The highest BCUT2D eigenvalue weighted by Gasteiger charge is 2.40. The molecule has 0 radical (unpaired) electrons. The molecule has 1 aliphatic heterocycles. The molecule has 0 bridgehead atoms. The summed E-state index contributed by atoms with van der Waals surface area (Å²) in [7, 11) is 1.74. The van der Waals surface area contributed by atoms with E-state index in [1.54, 1.807) is 7.11 Å². The molecule has 1 aliphatic rings. The fraction of sp³-hybridized carbons (Fsp3) is 0.333. The van der Waals surface area contributed by atoms with Crippen molar-refractivity contribution in [3.05, 3.63) is 83.4 Å². The van der Waals surface area contributed by atoms with E-state index >= 15 is 0 Å². The smallest absolute Gasteiger partial charge is 0.170 e. The molecule has 2 atom stereocenters. The van der Waals surface area contributed by atoms with Crippen LogP contribution < -0.4 is 5.32 Å². The van der Waals surface area contributed by atoms with Crippen LogP contribution >= 0.6 is 12.2 Å². The molecule has 0 amide bonds. The second-order valence-corrected chi connectivity index (χ2v) is 8.12. The van der Waals surface area contributed by atoms with Crippen molar-refractivity contribution in [1.82, 2.24) is 19.8 Å². The molecule has 0 unspecified atom stereocenters. The molecule has 1 aromatic carbocycles. The van der Waals surface area contributed by atoms with Crippen LogP contribution in [-0.4, -0.2) is 39.8 Å². The van der Waals surface area contributed by atoms with Crippen molar-refractivity contribution in [2.24, 2.45) is 0 Å². The summed E-state index contributed by atoms with van der Waals surface area (Å²) in [6.45, 7) is 5.83. The van der Waals surface area contributed by atoms with Gasteiger partial charge in [0, 0.05) is 44.0 Å². The van der Waals surface area contributed by atoms with Crippen molar-refractivity contribution in [1.29, 1.82) is 0 Å². The fourth-order valence-electron chi connectivity index (χ4n) is 4.09. The van der Waals surface area contributed by atoms with E-state index in [4.69, 9.17) is 17.0 Å². The van der Waals surface area contributed by atoms with Crippen LogP contribution in [0.2, 0.25) is 0 Å². The molecular weight excluding hydrogens is 392 g/mol. The van der Waals surface area contributed by atoms with Crippen LogP contribution in [0.1, 0.15) is 41.0 Å². The van der Waals surface area contributed by atoms with Gasteiger partial charge in [-0.1, -0.05) is 12.1 Å². The van der Waals surface area contributed by atoms with Crippen LogP contribution in [0.5, 0.6) is 0 Å². The number of thiocarbonyl (C=S) groups is 1. The predicted octanol–water partition coefficient (Wildman–Crippen LogP) is 4.50. The van der Waals surface area contributed by atoms with Crippen molar-refractivity contribution in [3.63, 3.8) is 0 Å². The van der Waals surface area contributed by atoms with Gasteiger partial charge in [0.25, 0.3) is 0 Å². The lowest BCUT2D eigenvalue weighted by Gasteiger charge is -2.29. The number of ether oxygens (including phenoxy) is 1. The number of nitrogens with zero attached hydrogens (tertiary/aromatic N) is 3. The molecular formula is C24H28N4OS. The van der Waals surface area contributed by atoms with Crippen molar-refractivity contribution in [2.75, 3.05) is 20.3 Å². The van der Waals surface area contributed by atoms with Crippen molar-refractivity contribution < 1.29 is 4.74 Å². The standard InChI is InChI=1S/C24H28N4OS/c1-17-10-11-19(16-18(17)2)27-13-6-9-21(27)23-22(20-8-4-5-12-25-20)26-24(30)28(23)14-7-15-29-3/h4-6,8-13,16,22-23H,7,14-15H2,1-3H3,(H,26,30)/t22-,23+/m1/s1. The van der Waals surface area contributed by atoms with E-state index in [0.29, 0.717) is 6.61 Å². The largest absolute Gasteiger partial charge is 0.385 e. The topological polar surface area (TPSA) is 42.3 Å². The first kappa shape index (κ1) is 20.6. The average Bonchev–Trinajstić information content (AvgIpc) is 3.35. The van der Waals surface area contributed by atoms with E-state index < -0.39 is 0 Å². The highest BCUT2D eigenvalue weighted by molar-refractivity contribution is 7.80. The maximum Gasteiger partial charge on any atom is 0.170 e. The number of hydrogen-bond acceptors (Lipinski definition) is 3. The highest BCUT2D eigenvalue weighted by Crippen LogP contribution is 2.39. The van der Waals surface area contributed by atoms with Gasteiger partial charge in [-0.15, -0.1) is 0 Å². The molecule has 3 heterocycles. The van der Waals surface area contributed by atoms with Crippen LogP contribution in [0.4, 0.5) is 0 Å². The molecule has 1 fully saturated rings. The molecule has 0 aliphatic carbocycles. The van der Waals surface area contributed by atoms with E-state index in [1.807, 2.05) is 18.3 Å². The molecule has 0 saturated carbocycles. The zero-order valence-corrected chi connectivity index (χ0v) is 18.5. The second kappa shape index (κ2) is 8.98. The Morgan fingerprint density at radius 3 is 2.70 bits per heavy atom. The first-order valence-corrected chi connectivity index (χ1v) is 10.7. The quantitative estimate of drug-likeness (QED) is 0.450. The number of nitrogens with one attached hydrogen (secondary N) is 1. The van der Waals surface area contributed by atoms with Gasteiger partial charge < -0.3 is 19.5 Å². The van der Waals surface area contributed by atoms with Gasteiger partial charge in [-0.05, 0) is 80.0 Å². The summed E-state index contributed by atoms with van der Waals surface area (Å²) in [6, 6.07) is 17.0. The van der Waals surface area contributed by atoms with Crippen molar-refractivity contribution in [3.8, 4) is 5.69 Å². The molecule has 3 aromatic rings. The molecule has 6 heteroatoms. The minimum atomic E-state index is -0.0126. The number of benzene rings is 1. The Bertz CT molecular complexity index is 1020. The summed E-state index contributed by atoms with van der Waals surface area (Å²) in [5.74, 6) is 0. The van der Waals surface area contributed by atoms with Crippen molar-refractivity contribution >= 4 is 17.3 Å². The van der Waals surface area contributed by atoms with Crippen LogP contribution in [0.3, 0.4) is 0 Å². The van der Waals surface area contributed by atoms with E-state index in [9.17, 15) is 0 Å². The normalized spacial score (nSPS) is 18.6. The van der Waals surface area contributed by atoms with Gasteiger partial charge in [0.1, 0.15) is 0 Å². The minimum Gasteiger partial charge on any atom is -0.385 e. The Morgan fingerprint density at radius 2 is 1.97 bits per heavy atom. The number of pyridine rings is 1. The minimum absolute atomic E-state index is 0.0126. The molecule has 2 aromatic heterocycles. The Balaban J connectivity index is 1.76.